The van der Waals surface area contributed by atoms with E-state index in [1.807, 2.05) is 5.38 Å². The molecule has 0 unspecified atom stereocenters. The zero-order chi connectivity index (χ0) is 12.0. The number of rotatable bonds is 7. The maximum Gasteiger partial charge on any atom is 0.187 e. The van der Waals surface area contributed by atoms with Crippen molar-refractivity contribution in [2.24, 2.45) is 0 Å². The van der Waals surface area contributed by atoms with Crippen LogP contribution in [0.25, 0.3) is 0 Å². The number of halogens is 1. The Labute approximate surface area is 106 Å². The molecule has 1 aromatic rings. The third-order valence-corrected chi connectivity index (χ3v) is 3.83. The molecule has 1 rings (SSSR count). The Morgan fingerprint density at radius 2 is 2.19 bits per heavy atom. The molecule has 0 amide bonds. The van der Waals surface area contributed by atoms with Gasteiger partial charge < -0.3 is 9.64 Å². The molecular formula is C11H19ClN2OS. The average Bonchev–Trinajstić information content (AvgIpc) is 2.71. The lowest BCUT2D eigenvalue weighted by atomic mass is 10.1. The molecule has 0 aromatic carbocycles. The molecule has 0 aliphatic carbocycles. The first kappa shape index (κ1) is 13.7. The lowest BCUT2D eigenvalue weighted by Gasteiger charge is -2.29. The number of aromatic nitrogens is 1. The van der Waals surface area contributed by atoms with Crippen molar-refractivity contribution in [3.05, 3.63) is 10.5 Å². The quantitative estimate of drug-likeness (QED) is 0.753. The second-order valence-corrected chi connectivity index (χ2v) is 4.83. The van der Waals surface area contributed by atoms with Crippen LogP contribution in [-0.4, -0.2) is 31.3 Å². The number of ether oxygens (including phenoxy) is 1. The van der Waals surface area contributed by atoms with E-state index in [1.54, 1.807) is 18.4 Å². The van der Waals surface area contributed by atoms with Crippen molar-refractivity contribution in [2.75, 3.05) is 25.2 Å². The molecule has 0 aliphatic heterocycles. The highest BCUT2D eigenvalue weighted by molar-refractivity contribution is 7.14. The molecule has 0 radical (unpaired) electrons. The van der Waals surface area contributed by atoms with Crippen LogP contribution in [0.1, 0.15) is 26.7 Å². The fourth-order valence-electron chi connectivity index (χ4n) is 1.73. The maximum absolute atomic E-state index is 5.87. The van der Waals surface area contributed by atoms with Gasteiger partial charge in [0, 0.05) is 25.1 Å². The van der Waals surface area contributed by atoms with Gasteiger partial charge in [-0.15, -0.1) is 11.3 Å². The summed E-state index contributed by atoms with van der Waals surface area (Å²) >= 11 is 7.47. The number of anilines is 1. The van der Waals surface area contributed by atoms with Crippen LogP contribution in [0.2, 0.25) is 5.15 Å². The monoisotopic (exact) mass is 262 g/mol. The second-order valence-electron chi connectivity index (χ2n) is 3.61. The molecule has 0 N–H and O–H groups in total. The molecule has 3 nitrogen and oxygen atoms in total. The Kier molecular flexibility index (Phi) is 6.09. The number of hydrogen-bond acceptors (Lipinski definition) is 4. The molecule has 1 aromatic heterocycles. The first-order valence-electron chi connectivity index (χ1n) is 5.59. The minimum atomic E-state index is 0.511. The SMILES string of the molecule is CCC(CC)N(CCOC)c1nc(Cl)cs1. The van der Waals surface area contributed by atoms with E-state index in [2.05, 4.69) is 23.7 Å². The molecule has 5 heteroatoms. The molecule has 0 bridgehead atoms. The number of thiazole rings is 1. The number of nitrogens with zero attached hydrogens (tertiary/aromatic N) is 2. The maximum atomic E-state index is 5.87. The molecule has 0 saturated heterocycles. The summed E-state index contributed by atoms with van der Waals surface area (Å²) in [6, 6.07) is 0.511. The Morgan fingerprint density at radius 3 is 2.62 bits per heavy atom. The van der Waals surface area contributed by atoms with Crippen molar-refractivity contribution in [3.8, 4) is 0 Å². The van der Waals surface area contributed by atoms with Gasteiger partial charge >= 0.3 is 0 Å². The molecule has 0 aliphatic rings. The molecule has 92 valence electrons. The molecule has 0 atom stereocenters. The van der Waals surface area contributed by atoms with E-state index in [4.69, 9.17) is 16.3 Å². The predicted molar refractivity (Wildman–Crippen MR) is 70.7 cm³/mol. The minimum absolute atomic E-state index is 0.511. The van der Waals surface area contributed by atoms with Crippen molar-refractivity contribution < 1.29 is 4.74 Å². The fourth-order valence-corrected chi connectivity index (χ4v) is 2.78. The summed E-state index contributed by atoms with van der Waals surface area (Å²) in [6.07, 6.45) is 2.22. The van der Waals surface area contributed by atoms with Crippen molar-refractivity contribution in [3.63, 3.8) is 0 Å². The van der Waals surface area contributed by atoms with E-state index in [0.717, 1.165) is 24.5 Å². The van der Waals surface area contributed by atoms with E-state index in [0.29, 0.717) is 17.8 Å². The predicted octanol–water partition coefficient (Wildman–Crippen LogP) is 3.44. The van der Waals surface area contributed by atoms with E-state index in [1.165, 1.54) is 0 Å². The standard InChI is InChI=1S/C11H19ClN2OS/c1-4-9(5-2)14(6-7-15-3)11-13-10(12)8-16-11/h8-9H,4-7H2,1-3H3. The topological polar surface area (TPSA) is 25.4 Å². The first-order valence-corrected chi connectivity index (χ1v) is 6.85. The van der Waals surface area contributed by atoms with Gasteiger partial charge in [-0.25, -0.2) is 4.98 Å². The third kappa shape index (κ3) is 3.61. The highest BCUT2D eigenvalue weighted by Gasteiger charge is 2.18. The zero-order valence-electron chi connectivity index (χ0n) is 10.1. The van der Waals surface area contributed by atoms with Gasteiger partial charge in [0.2, 0.25) is 0 Å². The Morgan fingerprint density at radius 1 is 1.50 bits per heavy atom. The number of methoxy groups -OCH3 is 1. The zero-order valence-corrected chi connectivity index (χ0v) is 11.6. The molecule has 16 heavy (non-hydrogen) atoms. The summed E-state index contributed by atoms with van der Waals surface area (Å²) in [6.45, 7) is 5.98. The molecule has 1 heterocycles. The lowest BCUT2D eigenvalue weighted by Crippen LogP contribution is -2.37. The molecular weight excluding hydrogens is 244 g/mol. The Bertz CT molecular complexity index is 302. The van der Waals surface area contributed by atoms with Crippen LogP contribution < -0.4 is 4.90 Å². The van der Waals surface area contributed by atoms with E-state index in [9.17, 15) is 0 Å². The van der Waals surface area contributed by atoms with Crippen LogP contribution in [0.4, 0.5) is 5.13 Å². The van der Waals surface area contributed by atoms with Crippen LogP contribution in [0.3, 0.4) is 0 Å². The summed E-state index contributed by atoms with van der Waals surface area (Å²) in [5.74, 6) is 0. The Balaban J connectivity index is 2.77. The average molecular weight is 263 g/mol. The van der Waals surface area contributed by atoms with Crippen molar-refractivity contribution in [2.45, 2.75) is 32.7 Å². The molecule has 0 spiro atoms. The van der Waals surface area contributed by atoms with E-state index in [-0.39, 0.29) is 0 Å². The smallest absolute Gasteiger partial charge is 0.187 e. The fraction of sp³-hybridized carbons (Fsp3) is 0.727. The summed E-state index contributed by atoms with van der Waals surface area (Å²) in [4.78, 5) is 6.63. The van der Waals surface area contributed by atoms with Gasteiger partial charge in [0.05, 0.1) is 6.61 Å². The van der Waals surface area contributed by atoms with Crippen molar-refractivity contribution in [1.29, 1.82) is 0 Å². The summed E-state index contributed by atoms with van der Waals surface area (Å²) in [5, 5.41) is 3.45. The lowest BCUT2D eigenvalue weighted by molar-refractivity contribution is 0.202. The van der Waals surface area contributed by atoms with Crippen LogP contribution in [-0.2, 0) is 4.74 Å². The van der Waals surface area contributed by atoms with Crippen LogP contribution in [0.15, 0.2) is 5.38 Å². The highest BCUT2D eigenvalue weighted by Crippen LogP contribution is 2.26. The van der Waals surface area contributed by atoms with Gasteiger partial charge in [-0.3, -0.25) is 0 Å². The van der Waals surface area contributed by atoms with Crippen molar-refractivity contribution in [1.82, 2.24) is 4.98 Å². The van der Waals surface area contributed by atoms with Gasteiger partial charge in [-0.2, -0.15) is 0 Å². The van der Waals surface area contributed by atoms with Gasteiger partial charge in [0.25, 0.3) is 0 Å². The van der Waals surface area contributed by atoms with Gasteiger partial charge in [0.15, 0.2) is 5.13 Å². The van der Waals surface area contributed by atoms with Gasteiger partial charge in [-0.05, 0) is 12.8 Å². The normalized spacial score (nSPS) is 11.1. The minimum Gasteiger partial charge on any atom is -0.383 e. The van der Waals surface area contributed by atoms with Crippen LogP contribution in [0, 0.1) is 0 Å². The van der Waals surface area contributed by atoms with E-state index < -0.39 is 0 Å². The van der Waals surface area contributed by atoms with Gasteiger partial charge in [0.1, 0.15) is 5.15 Å². The molecule has 0 saturated carbocycles. The first-order chi connectivity index (χ1) is 7.72. The Hall–Kier alpha value is -0.320. The summed E-state index contributed by atoms with van der Waals surface area (Å²) in [7, 11) is 1.72. The largest absolute Gasteiger partial charge is 0.383 e. The van der Waals surface area contributed by atoms with Gasteiger partial charge in [-0.1, -0.05) is 25.4 Å². The molecule has 0 fully saturated rings. The highest BCUT2D eigenvalue weighted by atomic mass is 35.5. The third-order valence-electron chi connectivity index (χ3n) is 2.63. The van der Waals surface area contributed by atoms with Crippen LogP contribution >= 0.6 is 22.9 Å². The summed E-state index contributed by atoms with van der Waals surface area (Å²) in [5.41, 5.74) is 0. The number of hydrogen-bond donors (Lipinski definition) is 0. The van der Waals surface area contributed by atoms with E-state index >= 15 is 0 Å². The van der Waals surface area contributed by atoms with Crippen LogP contribution in [0.5, 0.6) is 0 Å². The second kappa shape index (κ2) is 7.09. The van der Waals surface area contributed by atoms with Crippen molar-refractivity contribution >= 4 is 28.1 Å². The summed E-state index contributed by atoms with van der Waals surface area (Å²) < 4.78 is 5.14.